The molecule has 2 aromatic carbocycles. The van der Waals surface area contributed by atoms with Crippen molar-refractivity contribution in [3.8, 4) is 0 Å². The fourth-order valence-corrected chi connectivity index (χ4v) is 4.15. The van der Waals surface area contributed by atoms with Crippen LogP contribution in [0.25, 0.3) is 10.8 Å². The van der Waals surface area contributed by atoms with E-state index in [0.717, 1.165) is 18.4 Å². The van der Waals surface area contributed by atoms with E-state index in [0.29, 0.717) is 12.0 Å². The smallest absolute Gasteiger partial charge is 0.00695 e. The molecule has 0 radical (unpaired) electrons. The largest absolute Gasteiger partial charge is 0.314 e. The van der Waals surface area contributed by atoms with Gasteiger partial charge in [-0.2, -0.15) is 0 Å². The van der Waals surface area contributed by atoms with E-state index < -0.39 is 0 Å². The van der Waals surface area contributed by atoms with Crippen LogP contribution in [-0.4, -0.2) is 12.6 Å². The molecule has 0 saturated carbocycles. The average molecular weight is 354 g/mol. The van der Waals surface area contributed by atoms with Gasteiger partial charge >= 0.3 is 0 Å². The van der Waals surface area contributed by atoms with Gasteiger partial charge in [0, 0.05) is 6.04 Å². The molecule has 0 amide bonds. The Kier molecular flexibility index (Phi) is 8.65. The Labute approximate surface area is 161 Å². The molecule has 2 rings (SSSR count). The molecule has 0 aliphatic carbocycles. The zero-order valence-electron chi connectivity index (χ0n) is 17.6. The summed E-state index contributed by atoms with van der Waals surface area (Å²) in [6.07, 6.45) is 6.28. The molecule has 0 aliphatic rings. The van der Waals surface area contributed by atoms with Crippen molar-refractivity contribution in [1.82, 2.24) is 5.32 Å². The summed E-state index contributed by atoms with van der Waals surface area (Å²) in [7, 11) is 0. The van der Waals surface area contributed by atoms with E-state index in [1.54, 1.807) is 0 Å². The van der Waals surface area contributed by atoms with Gasteiger partial charge < -0.3 is 5.32 Å². The summed E-state index contributed by atoms with van der Waals surface area (Å²) in [6.45, 7) is 13.1. The van der Waals surface area contributed by atoms with Gasteiger partial charge in [-0.05, 0) is 66.3 Å². The van der Waals surface area contributed by atoms with Crippen molar-refractivity contribution in [2.75, 3.05) is 6.54 Å². The van der Waals surface area contributed by atoms with Crippen LogP contribution in [0.5, 0.6) is 0 Å². The van der Waals surface area contributed by atoms with E-state index in [4.69, 9.17) is 0 Å². The maximum absolute atomic E-state index is 3.76. The topological polar surface area (TPSA) is 12.0 Å². The molecule has 4 unspecified atom stereocenters. The molecule has 0 bridgehead atoms. The van der Waals surface area contributed by atoms with Crippen molar-refractivity contribution < 1.29 is 0 Å². The maximum Gasteiger partial charge on any atom is 0.00695 e. The molecule has 0 saturated heterocycles. The highest BCUT2D eigenvalue weighted by Crippen LogP contribution is 2.29. The minimum atomic E-state index is 0.685. The standard InChI is InChI=1S/C25H39N/c1-6-10-25(26-15-7-2)17-20(4)21(5)19(3)16-22-13-14-23-11-8-9-12-24(23)18-22/h8-9,11-14,18-21,25-26H,6-7,10,15-17H2,1-5H3. The van der Waals surface area contributed by atoms with Gasteiger partial charge in [0.05, 0.1) is 0 Å². The number of nitrogens with one attached hydrogen (secondary N) is 1. The Morgan fingerprint density at radius 3 is 2.27 bits per heavy atom. The van der Waals surface area contributed by atoms with Gasteiger partial charge in [-0.3, -0.25) is 0 Å². The second-order valence-corrected chi connectivity index (χ2v) is 8.37. The van der Waals surface area contributed by atoms with Gasteiger partial charge in [0.25, 0.3) is 0 Å². The third-order valence-corrected chi connectivity index (χ3v) is 6.14. The summed E-state index contributed by atoms with van der Waals surface area (Å²) in [4.78, 5) is 0. The molecule has 1 heteroatoms. The van der Waals surface area contributed by atoms with Crippen molar-refractivity contribution >= 4 is 10.8 Å². The predicted molar refractivity (Wildman–Crippen MR) is 117 cm³/mol. The molecular weight excluding hydrogens is 314 g/mol. The van der Waals surface area contributed by atoms with Crippen molar-refractivity contribution in [3.63, 3.8) is 0 Å². The van der Waals surface area contributed by atoms with E-state index in [1.807, 2.05) is 0 Å². The summed E-state index contributed by atoms with van der Waals surface area (Å²) in [5.41, 5.74) is 1.48. The summed E-state index contributed by atoms with van der Waals surface area (Å²) in [5, 5.41) is 6.47. The molecule has 0 fully saturated rings. The Morgan fingerprint density at radius 2 is 1.58 bits per heavy atom. The molecule has 26 heavy (non-hydrogen) atoms. The quantitative estimate of drug-likeness (QED) is 0.466. The molecule has 0 spiro atoms. The average Bonchev–Trinajstić information content (AvgIpc) is 2.65. The first-order valence-electron chi connectivity index (χ1n) is 10.8. The highest BCUT2D eigenvalue weighted by atomic mass is 14.9. The molecular formula is C25H39N. The first kappa shape index (κ1) is 21.0. The highest BCUT2D eigenvalue weighted by Gasteiger charge is 2.22. The van der Waals surface area contributed by atoms with Crippen LogP contribution in [0, 0.1) is 17.8 Å². The summed E-state index contributed by atoms with van der Waals surface area (Å²) in [5.74, 6) is 2.20. The zero-order valence-corrected chi connectivity index (χ0v) is 17.6. The van der Waals surface area contributed by atoms with Crippen LogP contribution in [-0.2, 0) is 6.42 Å². The lowest BCUT2D eigenvalue weighted by Gasteiger charge is -2.30. The van der Waals surface area contributed by atoms with Gasteiger partial charge in [-0.1, -0.05) is 83.5 Å². The van der Waals surface area contributed by atoms with E-state index in [9.17, 15) is 0 Å². The molecule has 2 aromatic rings. The second-order valence-electron chi connectivity index (χ2n) is 8.37. The number of benzene rings is 2. The molecule has 0 heterocycles. The molecule has 0 aromatic heterocycles. The first-order chi connectivity index (χ1) is 12.5. The Bertz CT molecular complexity index is 647. The van der Waals surface area contributed by atoms with Crippen LogP contribution >= 0.6 is 0 Å². The lowest BCUT2D eigenvalue weighted by molar-refractivity contribution is 0.238. The van der Waals surface area contributed by atoms with Crippen molar-refractivity contribution in [1.29, 1.82) is 0 Å². The van der Waals surface area contributed by atoms with E-state index >= 15 is 0 Å². The lowest BCUT2D eigenvalue weighted by Crippen LogP contribution is -2.33. The maximum atomic E-state index is 3.76. The van der Waals surface area contributed by atoms with Crippen LogP contribution in [0.3, 0.4) is 0 Å². The highest BCUT2D eigenvalue weighted by molar-refractivity contribution is 5.82. The molecule has 1 N–H and O–H groups in total. The molecule has 144 valence electrons. The third-order valence-electron chi connectivity index (χ3n) is 6.14. The van der Waals surface area contributed by atoms with Crippen LogP contribution in [0.2, 0.25) is 0 Å². The SMILES string of the molecule is CCCNC(CCC)CC(C)C(C)C(C)Cc1ccc2ccccc2c1. The van der Waals surface area contributed by atoms with Crippen molar-refractivity contribution in [3.05, 3.63) is 48.0 Å². The lowest BCUT2D eigenvalue weighted by atomic mass is 9.78. The van der Waals surface area contributed by atoms with Crippen LogP contribution in [0.4, 0.5) is 0 Å². The Balaban J connectivity index is 1.94. The van der Waals surface area contributed by atoms with Gasteiger partial charge in [-0.25, -0.2) is 0 Å². The Hall–Kier alpha value is -1.34. The summed E-state index contributed by atoms with van der Waals surface area (Å²) in [6, 6.07) is 16.3. The minimum absolute atomic E-state index is 0.685. The normalized spacial score (nSPS) is 16.3. The van der Waals surface area contributed by atoms with E-state index in [-0.39, 0.29) is 0 Å². The molecule has 1 nitrogen and oxygen atoms in total. The summed E-state index contributed by atoms with van der Waals surface area (Å²) < 4.78 is 0. The molecule has 4 atom stereocenters. The fourth-order valence-electron chi connectivity index (χ4n) is 4.15. The molecule has 0 aliphatic heterocycles. The number of hydrogen-bond donors (Lipinski definition) is 1. The minimum Gasteiger partial charge on any atom is -0.314 e. The van der Waals surface area contributed by atoms with Gasteiger partial charge in [-0.15, -0.1) is 0 Å². The predicted octanol–water partition coefficient (Wildman–Crippen LogP) is 6.85. The number of hydrogen-bond acceptors (Lipinski definition) is 1. The van der Waals surface area contributed by atoms with Crippen LogP contribution < -0.4 is 5.32 Å². The van der Waals surface area contributed by atoms with Crippen LogP contribution in [0.1, 0.15) is 65.9 Å². The number of rotatable bonds is 11. The van der Waals surface area contributed by atoms with Crippen LogP contribution in [0.15, 0.2) is 42.5 Å². The summed E-state index contributed by atoms with van der Waals surface area (Å²) >= 11 is 0. The fraction of sp³-hybridized carbons (Fsp3) is 0.600. The Morgan fingerprint density at radius 1 is 0.846 bits per heavy atom. The van der Waals surface area contributed by atoms with Gasteiger partial charge in [0.15, 0.2) is 0 Å². The van der Waals surface area contributed by atoms with Crippen molar-refractivity contribution in [2.24, 2.45) is 17.8 Å². The zero-order chi connectivity index (χ0) is 18.9. The van der Waals surface area contributed by atoms with Gasteiger partial charge in [0.2, 0.25) is 0 Å². The van der Waals surface area contributed by atoms with E-state index in [2.05, 4.69) is 82.4 Å². The third kappa shape index (κ3) is 6.13. The van der Waals surface area contributed by atoms with Crippen molar-refractivity contribution in [2.45, 2.75) is 72.8 Å². The first-order valence-corrected chi connectivity index (χ1v) is 10.8. The van der Waals surface area contributed by atoms with Gasteiger partial charge in [0.1, 0.15) is 0 Å². The second kappa shape index (κ2) is 10.7. The number of fused-ring (bicyclic) bond motifs is 1. The monoisotopic (exact) mass is 353 g/mol. The van der Waals surface area contributed by atoms with E-state index in [1.165, 1.54) is 48.4 Å².